The van der Waals surface area contributed by atoms with E-state index in [0.717, 1.165) is 5.56 Å². The first kappa shape index (κ1) is 38.1. The first-order valence-corrected chi connectivity index (χ1v) is 16.7. The topological polar surface area (TPSA) is 179 Å². The van der Waals surface area contributed by atoms with Crippen molar-refractivity contribution in [3.63, 3.8) is 0 Å². The van der Waals surface area contributed by atoms with Crippen LogP contribution in [0.3, 0.4) is 0 Å². The first-order chi connectivity index (χ1) is 20.3. The van der Waals surface area contributed by atoms with Crippen molar-refractivity contribution < 1.29 is 60.5 Å². The summed E-state index contributed by atoms with van der Waals surface area (Å²) < 4.78 is 76.1. The van der Waals surface area contributed by atoms with Crippen LogP contribution < -0.4 is 33.5 Å². The molecule has 2 aromatic rings. The van der Waals surface area contributed by atoms with E-state index in [1.165, 1.54) is 34.3 Å². The molecule has 0 bridgehead atoms. The van der Waals surface area contributed by atoms with E-state index in [1.54, 1.807) is 18.2 Å². The molecule has 0 N–H and O–H groups in total. The molecule has 0 aromatic heterocycles. The van der Waals surface area contributed by atoms with Gasteiger partial charge in [0.25, 0.3) is 0 Å². The number of rotatable bonds is 17. The molecule has 1 fully saturated rings. The van der Waals surface area contributed by atoms with Gasteiger partial charge in [-0.1, -0.05) is 6.92 Å². The van der Waals surface area contributed by atoms with E-state index in [9.17, 15) is 27.6 Å². The number of ketones is 1. The van der Waals surface area contributed by atoms with E-state index in [2.05, 4.69) is 4.52 Å². The molecule has 0 saturated carbocycles. The van der Waals surface area contributed by atoms with Crippen molar-refractivity contribution in [2.24, 2.45) is 0 Å². The summed E-state index contributed by atoms with van der Waals surface area (Å²) in [7, 11) is -4.76. The summed E-state index contributed by atoms with van der Waals surface area (Å²) in [4.78, 5) is 33.2. The van der Waals surface area contributed by atoms with E-state index in [0.29, 0.717) is 42.1 Å². The van der Waals surface area contributed by atoms with Crippen LogP contribution in [-0.2, 0) is 28.5 Å². The molecule has 0 radical (unpaired) electrons. The predicted octanol–water partition coefficient (Wildman–Crippen LogP) is 2.69. The zero-order valence-electron chi connectivity index (χ0n) is 25.5. The second-order valence-corrected chi connectivity index (χ2v) is 12.9. The number of sulfone groups is 1. The molecule has 1 aliphatic heterocycles. The van der Waals surface area contributed by atoms with Crippen molar-refractivity contribution in [2.45, 2.75) is 56.6 Å². The Morgan fingerprint density at radius 3 is 1.95 bits per heavy atom. The van der Waals surface area contributed by atoms with Crippen LogP contribution in [0, 0.1) is 0 Å². The van der Waals surface area contributed by atoms with Gasteiger partial charge in [-0.25, -0.2) is 8.42 Å². The molecule has 13 nitrogen and oxygen atoms in total. The van der Waals surface area contributed by atoms with Crippen LogP contribution in [0.25, 0.3) is 0 Å². The molecule has 3 rings (SSSR count). The fourth-order valence-electron chi connectivity index (χ4n) is 4.65. The molecular formula is C28H37MgO13PS. The van der Waals surface area contributed by atoms with Crippen molar-refractivity contribution in [1.29, 1.82) is 0 Å². The van der Waals surface area contributed by atoms with Crippen molar-refractivity contribution in [2.75, 3.05) is 46.9 Å². The average molecular weight is 669 g/mol. The van der Waals surface area contributed by atoms with Crippen LogP contribution in [0.2, 0.25) is 0 Å². The molecule has 0 unspecified atom stereocenters. The molecule has 1 saturated heterocycles. The molecule has 240 valence electrons. The van der Waals surface area contributed by atoms with E-state index in [-0.39, 0.29) is 65.2 Å². The van der Waals surface area contributed by atoms with Crippen LogP contribution in [0.1, 0.15) is 62.9 Å². The number of hydrogen-bond donors (Lipinski definition) is 0. The summed E-state index contributed by atoms with van der Waals surface area (Å²) >= 11 is 0. The van der Waals surface area contributed by atoms with Crippen LogP contribution in [0.15, 0.2) is 29.2 Å². The molecule has 0 spiro atoms. The fraction of sp³-hybridized carbons (Fsp3) is 0.536. The van der Waals surface area contributed by atoms with Crippen LogP contribution in [0.4, 0.5) is 0 Å². The first-order valence-electron chi connectivity index (χ1n) is 13.6. The number of carbonyl (C=O) groups excluding carboxylic acids is 1. The minimum atomic E-state index is -5.15. The molecule has 1 aliphatic rings. The van der Waals surface area contributed by atoms with Gasteiger partial charge in [-0.2, -0.15) is 0 Å². The quantitative estimate of drug-likeness (QED) is 0.137. The summed E-state index contributed by atoms with van der Waals surface area (Å²) in [5.41, 5.74) is 1.26. The number of benzene rings is 2. The van der Waals surface area contributed by atoms with Crippen molar-refractivity contribution >= 4 is 46.5 Å². The Labute approximate surface area is 273 Å². The van der Waals surface area contributed by atoms with Gasteiger partial charge < -0.3 is 47.3 Å². The maximum absolute atomic E-state index is 13.4. The minimum Gasteiger partial charge on any atom is -0.790 e. The molecule has 1 heterocycles. The van der Waals surface area contributed by atoms with Crippen molar-refractivity contribution in [3.05, 3.63) is 35.4 Å². The van der Waals surface area contributed by atoms with Gasteiger partial charge in [0.2, 0.25) is 5.75 Å². The van der Waals surface area contributed by atoms with E-state index in [1.807, 2.05) is 6.92 Å². The standard InChI is InChI=1S/C28H39O13PS.Mg/c1-6-10-39-28-25(38-11-7-12-40-42(30,31)32)15-20(16-26(28)43(33,34)17-18(2)29)22-9-8-21(41-22)19-13-23(35-3)27(37-5)24(14-19)36-4;/h13-16,21-22H,6-12,17H2,1-5H3,(H2,30,31,32);/q;+2/p-2/t21-,22-;/m0./s1. The van der Waals surface area contributed by atoms with E-state index in [4.69, 9.17) is 28.4 Å². The largest absolute Gasteiger partial charge is 2.00 e. The van der Waals surface area contributed by atoms with Gasteiger partial charge in [-0.3, -0.25) is 4.79 Å². The minimum absolute atomic E-state index is 0. The Morgan fingerprint density at radius 1 is 0.886 bits per heavy atom. The maximum atomic E-state index is 13.4. The Balaban J connectivity index is 0.00000675. The van der Waals surface area contributed by atoms with Gasteiger partial charge in [0.15, 0.2) is 32.8 Å². The van der Waals surface area contributed by atoms with Crippen LogP contribution >= 0.6 is 7.82 Å². The van der Waals surface area contributed by atoms with Gasteiger partial charge in [-0.15, -0.1) is 0 Å². The van der Waals surface area contributed by atoms with E-state index >= 15 is 0 Å². The number of phosphoric ester groups is 1. The SMILES string of the molecule is CCCOc1c(OCCCOP(=O)([O-])[O-])cc([C@@H]2CC[C@@H](c3cc(OC)c(OC)c(OC)c3)O2)cc1S(=O)(=O)CC(C)=O.[Mg+2]. The summed E-state index contributed by atoms with van der Waals surface area (Å²) in [5.74, 6) is 0.0737. The molecule has 16 heteroatoms. The molecule has 0 amide bonds. The smallest absolute Gasteiger partial charge is 0.790 e. The number of hydrogen-bond acceptors (Lipinski definition) is 13. The Hall–Kier alpha value is -2.10. The molecule has 2 atom stereocenters. The van der Waals surface area contributed by atoms with Gasteiger partial charge in [0, 0.05) is 6.42 Å². The summed E-state index contributed by atoms with van der Waals surface area (Å²) in [6, 6.07) is 6.62. The zero-order valence-corrected chi connectivity index (χ0v) is 28.6. The number of methoxy groups -OCH3 is 3. The van der Waals surface area contributed by atoms with Gasteiger partial charge in [-0.05, 0) is 61.6 Å². The molecule has 44 heavy (non-hydrogen) atoms. The Bertz CT molecular complexity index is 1400. The monoisotopic (exact) mass is 668 g/mol. The maximum Gasteiger partial charge on any atom is 2.00 e. The summed E-state index contributed by atoms with van der Waals surface area (Å²) in [6.07, 6.45) is 0.760. The normalized spacial score (nSPS) is 16.6. The Kier molecular flexibility index (Phi) is 14.7. The fourth-order valence-corrected chi connectivity index (χ4v) is 6.45. The third kappa shape index (κ3) is 10.2. The van der Waals surface area contributed by atoms with Gasteiger partial charge >= 0.3 is 23.1 Å². The number of carbonyl (C=O) groups is 1. The third-order valence-electron chi connectivity index (χ3n) is 6.47. The van der Waals surface area contributed by atoms with E-state index < -0.39 is 41.9 Å². The predicted molar refractivity (Wildman–Crippen MR) is 156 cm³/mol. The van der Waals surface area contributed by atoms with Crippen molar-refractivity contribution in [1.82, 2.24) is 0 Å². The number of phosphoric acid groups is 1. The van der Waals surface area contributed by atoms with Crippen LogP contribution in [0.5, 0.6) is 28.7 Å². The summed E-state index contributed by atoms with van der Waals surface area (Å²) in [5, 5.41) is 0. The second-order valence-electron chi connectivity index (χ2n) is 9.79. The van der Waals surface area contributed by atoms with Crippen molar-refractivity contribution in [3.8, 4) is 28.7 Å². The average Bonchev–Trinajstić information content (AvgIpc) is 3.44. The summed E-state index contributed by atoms with van der Waals surface area (Å²) in [6.45, 7) is 2.67. The van der Waals surface area contributed by atoms with Gasteiger partial charge in [0.05, 0.1) is 61.2 Å². The zero-order chi connectivity index (χ0) is 31.8. The van der Waals surface area contributed by atoms with Gasteiger partial charge in [0.1, 0.15) is 16.4 Å². The molecule has 0 aliphatic carbocycles. The number of Topliss-reactive ketones (excluding diaryl/α,β-unsaturated/α-hetero) is 1. The molecular weight excluding hydrogens is 632 g/mol. The van der Waals surface area contributed by atoms with Crippen LogP contribution in [-0.4, -0.2) is 84.2 Å². The number of ether oxygens (including phenoxy) is 6. The second kappa shape index (κ2) is 17.0. The Morgan fingerprint density at radius 2 is 1.45 bits per heavy atom. The third-order valence-corrected chi connectivity index (χ3v) is 8.73. The molecule has 2 aromatic carbocycles.